The first-order chi connectivity index (χ1) is 16.4. The quantitative estimate of drug-likeness (QED) is 0.555. The Morgan fingerprint density at radius 1 is 1.03 bits per heavy atom. The first-order valence-corrected chi connectivity index (χ1v) is 13.7. The Balaban J connectivity index is 1.30. The molecule has 0 saturated carbocycles. The van der Waals surface area contributed by atoms with E-state index in [2.05, 4.69) is 22.3 Å². The third-order valence-corrected chi connectivity index (χ3v) is 7.36. The number of anilines is 1. The maximum atomic E-state index is 12.5. The van der Waals surface area contributed by atoms with Crippen LogP contribution in [0.2, 0.25) is 0 Å². The number of rotatable bonds is 10. The second-order valence-electron chi connectivity index (χ2n) is 8.80. The Kier molecular flexibility index (Phi) is 7.95. The molecule has 0 radical (unpaired) electrons. The van der Waals surface area contributed by atoms with E-state index >= 15 is 0 Å². The van der Waals surface area contributed by atoms with E-state index in [1.165, 1.54) is 29.0 Å². The Bertz CT molecular complexity index is 1100. The minimum Gasteiger partial charge on any atom is -0.486 e. The predicted molar refractivity (Wildman–Crippen MR) is 132 cm³/mol. The van der Waals surface area contributed by atoms with Crippen LogP contribution in [0.15, 0.2) is 42.5 Å². The number of likely N-dealkylation sites (tertiary alicyclic amines) is 1. The Morgan fingerprint density at radius 3 is 2.47 bits per heavy atom. The number of hydrogen-bond donors (Lipinski definition) is 1. The minimum absolute atomic E-state index is 0.0911. The van der Waals surface area contributed by atoms with Gasteiger partial charge in [0.15, 0.2) is 11.5 Å². The lowest BCUT2D eigenvalue weighted by atomic mass is 10.1. The fourth-order valence-electron chi connectivity index (χ4n) is 4.40. The lowest BCUT2D eigenvalue weighted by Crippen LogP contribution is -2.32. The molecule has 184 valence electrons. The smallest absolute Gasteiger partial charge is 0.232 e. The van der Waals surface area contributed by atoms with Gasteiger partial charge in [-0.15, -0.1) is 0 Å². The number of hydrogen-bond acceptors (Lipinski definition) is 6. The first kappa shape index (κ1) is 24.3. The zero-order valence-electron chi connectivity index (χ0n) is 19.7. The van der Waals surface area contributed by atoms with Crippen molar-refractivity contribution < 1.29 is 22.7 Å². The molecule has 1 amide bonds. The number of amides is 1. The second-order valence-corrected chi connectivity index (χ2v) is 10.7. The summed E-state index contributed by atoms with van der Waals surface area (Å²) in [5.41, 5.74) is 2.87. The monoisotopic (exact) mass is 487 g/mol. The highest BCUT2D eigenvalue weighted by atomic mass is 32.2. The van der Waals surface area contributed by atoms with Crippen LogP contribution in [-0.2, 0) is 27.9 Å². The number of carbonyl (C=O) groups excluding carboxylic acids is 1. The molecular weight excluding hydrogens is 454 g/mol. The minimum atomic E-state index is -3.51. The van der Waals surface area contributed by atoms with E-state index in [4.69, 9.17) is 9.47 Å². The van der Waals surface area contributed by atoms with Crippen molar-refractivity contribution in [1.82, 2.24) is 10.2 Å². The normalized spacial score (nSPS) is 15.8. The maximum absolute atomic E-state index is 12.5. The molecule has 0 unspecified atom stereocenters. The van der Waals surface area contributed by atoms with Gasteiger partial charge in [0.2, 0.25) is 15.9 Å². The third-order valence-electron chi connectivity index (χ3n) is 6.17. The van der Waals surface area contributed by atoms with Crippen molar-refractivity contribution in [2.75, 3.05) is 43.4 Å². The Morgan fingerprint density at radius 2 is 1.74 bits per heavy atom. The van der Waals surface area contributed by atoms with Crippen LogP contribution in [0.25, 0.3) is 0 Å². The Labute approximate surface area is 201 Å². The van der Waals surface area contributed by atoms with Crippen molar-refractivity contribution in [3.05, 3.63) is 53.6 Å². The van der Waals surface area contributed by atoms with Crippen molar-refractivity contribution in [3.8, 4) is 11.5 Å². The third kappa shape index (κ3) is 6.42. The molecule has 1 saturated heterocycles. The summed E-state index contributed by atoms with van der Waals surface area (Å²) in [6, 6.07) is 13.3. The summed E-state index contributed by atoms with van der Waals surface area (Å²) in [4.78, 5) is 14.9. The van der Waals surface area contributed by atoms with E-state index < -0.39 is 10.0 Å². The van der Waals surface area contributed by atoms with Crippen LogP contribution in [0.3, 0.4) is 0 Å². The molecule has 9 heteroatoms. The largest absolute Gasteiger partial charge is 0.486 e. The standard InChI is InChI=1S/C25H33N3O5S/c1-34(30,31)28(22-10-11-23-24(17-22)33-16-15-32-23)14-6-9-25(29)26-18-20-7-2-3-8-21(20)19-27-12-4-5-13-27/h2-3,7-8,10-11,17H,4-6,9,12-16,18-19H2,1H3,(H,26,29). The molecule has 2 aliphatic rings. The summed E-state index contributed by atoms with van der Waals surface area (Å²) < 4.78 is 37.2. The van der Waals surface area contributed by atoms with Gasteiger partial charge in [0.25, 0.3) is 0 Å². The van der Waals surface area contributed by atoms with Crippen LogP contribution in [-0.4, -0.2) is 58.3 Å². The maximum Gasteiger partial charge on any atom is 0.232 e. The molecule has 0 spiro atoms. The predicted octanol–water partition coefficient (Wildman–Crippen LogP) is 2.92. The number of fused-ring (bicyclic) bond motifs is 1. The number of ether oxygens (including phenoxy) is 2. The average Bonchev–Trinajstić information content (AvgIpc) is 3.33. The van der Waals surface area contributed by atoms with Crippen LogP contribution in [0.4, 0.5) is 5.69 Å². The number of nitrogens with one attached hydrogen (secondary N) is 1. The molecule has 2 aromatic carbocycles. The van der Waals surface area contributed by atoms with E-state index in [9.17, 15) is 13.2 Å². The van der Waals surface area contributed by atoms with Crippen molar-refractivity contribution >= 4 is 21.6 Å². The zero-order chi connectivity index (χ0) is 24.0. The molecule has 4 rings (SSSR count). The summed E-state index contributed by atoms with van der Waals surface area (Å²) in [5.74, 6) is 1.04. The van der Waals surface area contributed by atoms with Gasteiger partial charge in [0, 0.05) is 32.1 Å². The molecule has 2 aromatic rings. The highest BCUT2D eigenvalue weighted by molar-refractivity contribution is 7.92. The first-order valence-electron chi connectivity index (χ1n) is 11.8. The van der Waals surface area contributed by atoms with Gasteiger partial charge in [0.1, 0.15) is 13.2 Å². The van der Waals surface area contributed by atoms with Crippen molar-refractivity contribution in [3.63, 3.8) is 0 Å². The van der Waals surface area contributed by atoms with Crippen LogP contribution in [0, 0.1) is 0 Å². The Hall–Kier alpha value is -2.78. The molecule has 0 bridgehead atoms. The lowest BCUT2D eigenvalue weighted by Gasteiger charge is -2.25. The zero-order valence-corrected chi connectivity index (χ0v) is 20.5. The molecular formula is C25H33N3O5S. The topological polar surface area (TPSA) is 88.2 Å². The SMILES string of the molecule is CS(=O)(=O)N(CCCC(=O)NCc1ccccc1CN1CCCC1)c1ccc2c(c1)OCCO2. The number of benzene rings is 2. The fourth-order valence-corrected chi connectivity index (χ4v) is 5.36. The van der Waals surface area contributed by atoms with Gasteiger partial charge in [-0.05, 0) is 55.6 Å². The number of nitrogens with zero attached hydrogens (tertiary/aromatic N) is 2. The molecule has 0 atom stereocenters. The van der Waals surface area contributed by atoms with Gasteiger partial charge < -0.3 is 14.8 Å². The van der Waals surface area contributed by atoms with Crippen molar-refractivity contribution in [2.24, 2.45) is 0 Å². The number of sulfonamides is 1. The molecule has 8 nitrogen and oxygen atoms in total. The van der Waals surface area contributed by atoms with Gasteiger partial charge in [-0.3, -0.25) is 14.0 Å². The van der Waals surface area contributed by atoms with Crippen LogP contribution in [0.5, 0.6) is 11.5 Å². The van der Waals surface area contributed by atoms with E-state index in [1.807, 2.05) is 12.1 Å². The molecule has 2 heterocycles. The summed E-state index contributed by atoms with van der Waals surface area (Å²) in [7, 11) is -3.51. The molecule has 2 aliphatic heterocycles. The van der Waals surface area contributed by atoms with E-state index in [1.54, 1.807) is 18.2 Å². The van der Waals surface area contributed by atoms with E-state index in [-0.39, 0.29) is 18.9 Å². The van der Waals surface area contributed by atoms with Gasteiger partial charge in [-0.2, -0.15) is 0 Å². The molecule has 0 aliphatic carbocycles. The highest BCUT2D eigenvalue weighted by Gasteiger charge is 2.21. The molecule has 34 heavy (non-hydrogen) atoms. The van der Waals surface area contributed by atoms with Gasteiger partial charge in [0.05, 0.1) is 11.9 Å². The van der Waals surface area contributed by atoms with E-state index in [0.717, 1.165) is 25.2 Å². The van der Waals surface area contributed by atoms with E-state index in [0.29, 0.717) is 43.4 Å². The van der Waals surface area contributed by atoms with Crippen LogP contribution < -0.4 is 19.1 Å². The molecule has 1 fully saturated rings. The summed E-state index contributed by atoms with van der Waals surface area (Å²) in [6.45, 7) is 4.74. The highest BCUT2D eigenvalue weighted by Crippen LogP contribution is 2.34. The second kappa shape index (κ2) is 11.1. The summed E-state index contributed by atoms with van der Waals surface area (Å²) in [6.07, 6.45) is 4.31. The summed E-state index contributed by atoms with van der Waals surface area (Å²) in [5, 5.41) is 3.00. The number of carbonyl (C=O) groups is 1. The molecule has 0 aromatic heterocycles. The molecule has 1 N–H and O–H groups in total. The van der Waals surface area contributed by atoms with Crippen molar-refractivity contribution in [1.29, 1.82) is 0 Å². The van der Waals surface area contributed by atoms with Gasteiger partial charge >= 0.3 is 0 Å². The van der Waals surface area contributed by atoms with Crippen LogP contribution >= 0.6 is 0 Å². The average molecular weight is 488 g/mol. The fraction of sp³-hybridized carbons (Fsp3) is 0.480. The van der Waals surface area contributed by atoms with Crippen molar-refractivity contribution in [2.45, 2.75) is 38.8 Å². The summed E-state index contributed by atoms with van der Waals surface area (Å²) >= 11 is 0. The lowest BCUT2D eigenvalue weighted by molar-refractivity contribution is -0.121. The van der Waals surface area contributed by atoms with Gasteiger partial charge in [-0.25, -0.2) is 8.42 Å². The van der Waals surface area contributed by atoms with Gasteiger partial charge in [-0.1, -0.05) is 24.3 Å². The van der Waals surface area contributed by atoms with Crippen LogP contribution in [0.1, 0.15) is 36.8 Å².